The lowest BCUT2D eigenvalue weighted by Gasteiger charge is -2.57. The van der Waals surface area contributed by atoms with Gasteiger partial charge in [-0.3, -0.25) is 4.79 Å². The van der Waals surface area contributed by atoms with E-state index in [4.69, 9.17) is 4.74 Å². The molecule has 0 spiro atoms. The van der Waals surface area contributed by atoms with Crippen LogP contribution in [0.3, 0.4) is 0 Å². The first-order chi connectivity index (χ1) is 18.7. The molecule has 0 unspecified atom stereocenters. The van der Waals surface area contributed by atoms with Gasteiger partial charge in [-0.15, -0.1) is 0 Å². The van der Waals surface area contributed by atoms with Gasteiger partial charge in [0.1, 0.15) is 0 Å². The highest BCUT2D eigenvalue weighted by Crippen LogP contribution is 2.65. The lowest BCUT2D eigenvalue weighted by Crippen LogP contribution is -2.52. The number of aliphatic hydroxyl groups is 1. The van der Waals surface area contributed by atoms with E-state index in [1.54, 1.807) is 0 Å². The van der Waals surface area contributed by atoms with Crippen molar-refractivity contribution < 1.29 is 14.6 Å². The first kappa shape index (κ1) is 27.6. The minimum atomic E-state index is -0.593. The number of ether oxygens (including phenoxy) is 1. The summed E-state index contributed by atoms with van der Waals surface area (Å²) in [5.74, 6) is 5.00. The van der Waals surface area contributed by atoms with Gasteiger partial charge in [-0.2, -0.15) is 0 Å². The molecule has 5 aliphatic rings. The summed E-state index contributed by atoms with van der Waals surface area (Å²) in [6, 6.07) is 6.85. The van der Waals surface area contributed by atoms with E-state index < -0.39 is 5.60 Å². The molecule has 0 aromatic heterocycles. The van der Waals surface area contributed by atoms with Gasteiger partial charge in [-0.1, -0.05) is 13.0 Å². The minimum Gasteiger partial charge on any atom is -0.387 e. The van der Waals surface area contributed by atoms with E-state index in [1.807, 2.05) is 11.8 Å². The summed E-state index contributed by atoms with van der Waals surface area (Å²) in [4.78, 5) is 14.4. The Kier molecular flexibility index (Phi) is 7.54. The van der Waals surface area contributed by atoms with Crippen LogP contribution in [0.15, 0.2) is 18.2 Å². The Morgan fingerprint density at radius 2 is 1.92 bits per heavy atom. The average molecular weight is 537 g/mol. The second kappa shape index (κ2) is 10.7. The molecule has 2 N–H and O–H groups in total. The van der Waals surface area contributed by atoms with Crippen molar-refractivity contribution in [3.63, 3.8) is 0 Å². The van der Waals surface area contributed by atoms with E-state index in [9.17, 15) is 9.90 Å². The van der Waals surface area contributed by atoms with Crippen LogP contribution in [0.25, 0.3) is 0 Å². The van der Waals surface area contributed by atoms with Crippen molar-refractivity contribution in [2.45, 2.75) is 110 Å². The molecule has 0 radical (unpaired) electrons. The maximum absolute atomic E-state index is 12.4. The predicted molar refractivity (Wildman–Crippen MR) is 158 cm³/mol. The van der Waals surface area contributed by atoms with E-state index in [1.165, 1.54) is 56.2 Å². The summed E-state index contributed by atoms with van der Waals surface area (Å²) in [7, 11) is 0. The number of nitrogens with one attached hydrogen (secondary N) is 1. The highest BCUT2D eigenvalue weighted by atomic mass is 16.5. The van der Waals surface area contributed by atoms with Gasteiger partial charge in [-0.05, 0) is 144 Å². The largest absolute Gasteiger partial charge is 0.387 e. The van der Waals surface area contributed by atoms with Gasteiger partial charge in [0.25, 0.3) is 0 Å². The van der Waals surface area contributed by atoms with Crippen LogP contribution in [0.2, 0.25) is 0 Å². The van der Waals surface area contributed by atoms with Gasteiger partial charge in [0.2, 0.25) is 5.91 Å². The Hall–Kier alpha value is -1.59. The fourth-order valence-electron chi connectivity index (χ4n) is 10.6. The number of rotatable bonds is 7. The molecule has 1 aromatic rings. The van der Waals surface area contributed by atoms with E-state index >= 15 is 0 Å². The van der Waals surface area contributed by atoms with Crippen LogP contribution in [-0.4, -0.2) is 42.4 Å². The fraction of sp³-hybridized carbons (Fsp3) is 0.794. The molecule has 1 aromatic carbocycles. The predicted octanol–water partition coefficient (Wildman–Crippen LogP) is 6.96. The Bertz CT molecular complexity index is 1060. The lowest BCUT2D eigenvalue weighted by atomic mass is 9.48. The number of anilines is 2. The smallest absolute Gasteiger partial charge is 0.227 e. The molecule has 1 saturated heterocycles. The van der Waals surface area contributed by atoms with Crippen molar-refractivity contribution in [1.29, 1.82) is 0 Å². The van der Waals surface area contributed by atoms with Crippen LogP contribution in [0, 0.1) is 47.8 Å². The number of carbonyl (C=O) groups excluding carboxylic acids is 1. The molecule has 4 saturated carbocycles. The maximum atomic E-state index is 12.4. The van der Waals surface area contributed by atoms with Gasteiger partial charge in [0, 0.05) is 37.0 Å². The molecule has 216 valence electrons. The molecular weight excluding hydrogens is 484 g/mol. The lowest BCUT2D eigenvalue weighted by molar-refractivity contribution is -0.128. The highest BCUT2D eigenvalue weighted by molar-refractivity contribution is 5.96. The molecule has 5 heteroatoms. The topological polar surface area (TPSA) is 61.8 Å². The van der Waals surface area contributed by atoms with Gasteiger partial charge < -0.3 is 20.1 Å². The summed E-state index contributed by atoms with van der Waals surface area (Å²) in [6.45, 7) is 11.3. The van der Waals surface area contributed by atoms with E-state index in [2.05, 4.69) is 44.3 Å². The van der Waals surface area contributed by atoms with Gasteiger partial charge in [-0.25, -0.2) is 0 Å². The number of fused-ring (bicyclic) bond motifs is 5. The van der Waals surface area contributed by atoms with Crippen LogP contribution >= 0.6 is 0 Å². The second-order valence-corrected chi connectivity index (χ2v) is 14.3. The van der Waals surface area contributed by atoms with E-state index in [0.717, 1.165) is 55.2 Å². The molecule has 9 atom stereocenters. The van der Waals surface area contributed by atoms with Crippen LogP contribution in [-0.2, 0) is 9.53 Å². The monoisotopic (exact) mass is 536 g/mol. The number of hydrogen-bond donors (Lipinski definition) is 2. The second-order valence-electron chi connectivity index (χ2n) is 14.3. The maximum Gasteiger partial charge on any atom is 0.227 e. The van der Waals surface area contributed by atoms with E-state index in [-0.39, 0.29) is 5.91 Å². The van der Waals surface area contributed by atoms with Crippen molar-refractivity contribution in [3.05, 3.63) is 23.8 Å². The van der Waals surface area contributed by atoms with E-state index in [0.29, 0.717) is 42.9 Å². The van der Waals surface area contributed by atoms with Gasteiger partial charge in [0.15, 0.2) is 0 Å². The number of carbonyl (C=O) groups is 1. The van der Waals surface area contributed by atoms with Gasteiger partial charge in [0.05, 0.1) is 12.2 Å². The molecule has 1 heterocycles. The standard InChI is InChI=1S/C34H52N2O3/c1-5-39-21-34(38)18-16-25-24(20-34)11-12-27-26(25)15-17-33(4)28(13-14-29(27)33)23(3)35-30-8-6-9-31(22(30)2)36-19-7-10-32(36)37/h6,8-9,23-29,35,38H,5,7,10-21H2,1-4H3/t23-,24-,25+,26-,27-,28-,29+,33-,34-/m1/s1. The van der Waals surface area contributed by atoms with Crippen molar-refractivity contribution in [3.8, 4) is 0 Å². The summed E-state index contributed by atoms with van der Waals surface area (Å²) < 4.78 is 5.68. The Labute approximate surface area is 236 Å². The zero-order chi connectivity index (χ0) is 27.4. The SMILES string of the molecule is CCOC[C@@]1(O)CC[C@H]2[C@H](CC[C@@H]3[C@@H]2CC[C@]2(C)[C@@H]([C@@H](C)Nc4cccc(N5CCCC5=O)c4C)CC[C@@H]32)C1. The van der Waals surface area contributed by atoms with Crippen molar-refractivity contribution in [2.75, 3.05) is 30.0 Å². The zero-order valence-electron chi connectivity index (χ0n) is 24.9. The van der Waals surface area contributed by atoms with Crippen molar-refractivity contribution >= 4 is 17.3 Å². The normalized spacial score (nSPS) is 40.6. The highest BCUT2D eigenvalue weighted by Gasteiger charge is 2.58. The summed E-state index contributed by atoms with van der Waals surface area (Å²) in [5, 5.41) is 15.2. The summed E-state index contributed by atoms with van der Waals surface area (Å²) in [5.41, 5.74) is 3.31. The molecule has 4 aliphatic carbocycles. The van der Waals surface area contributed by atoms with Crippen LogP contribution in [0.1, 0.15) is 97.0 Å². The quantitative estimate of drug-likeness (QED) is 0.395. The first-order valence-corrected chi connectivity index (χ1v) is 16.2. The third-order valence-corrected chi connectivity index (χ3v) is 12.4. The Morgan fingerprint density at radius 3 is 2.69 bits per heavy atom. The van der Waals surface area contributed by atoms with Crippen molar-refractivity contribution in [1.82, 2.24) is 0 Å². The Balaban J connectivity index is 1.13. The molecule has 39 heavy (non-hydrogen) atoms. The molecule has 5 nitrogen and oxygen atoms in total. The number of benzene rings is 1. The minimum absolute atomic E-state index is 0.262. The first-order valence-electron chi connectivity index (χ1n) is 16.2. The molecule has 1 amide bonds. The zero-order valence-corrected chi connectivity index (χ0v) is 24.9. The molecule has 6 rings (SSSR count). The number of amides is 1. The van der Waals surface area contributed by atoms with Gasteiger partial charge >= 0.3 is 0 Å². The van der Waals surface area contributed by atoms with Crippen LogP contribution in [0.5, 0.6) is 0 Å². The summed E-state index contributed by atoms with van der Waals surface area (Å²) in [6.07, 6.45) is 12.8. The fourth-order valence-corrected chi connectivity index (χ4v) is 10.6. The Morgan fingerprint density at radius 1 is 1.10 bits per heavy atom. The molecule has 1 aliphatic heterocycles. The number of nitrogens with zero attached hydrogens (tertiary/aromatic N) is 1. The third kappa shape index (κ3) is 4.84. The molecular formula is C34H52N2O3. The summed E-state index contributed by atoms with van der Waals surface area (Å²) >= 11 is 0. The average Bonchev–Trinajstić information content (AvgIpc) is 3.51. The van der Waals surface area contributed by atoms with Crippen LogP contribution < -0.4 is 10.2 Å². The third-order valence-electron chi connectivity index (χ3n) is 12.4. The van der Waals surface area contributed by atoms with Crippen LogP contribution in [0.4, 0.5) is 11.4 Å². The van der Waals surface area contributed by atoms with Crippen molar-refractivity contribution in [2.24, 2.45) is 40.9 Å². The molecule has 0 bridgehead atoms. The number of hydrogen-bond acceptors (Lipinski definition) is 4. The molecule has 5 fully saturated rings.